The second-order valence-corrected chi connectivity index (χ2v) is 4.72. The largest absolute Gasteiger partial charge is 0.468 e. The molecule has 1 heterocycles. The summed E-state index contributed by atoms with van der Waals surface area (Å²) in [6.07, 6.45) is 1.83. The van der Waals surface area contributed by atoms with Crippen molar-refractivity contribution >= 4 is 23.2 Å². The number of ether oxygens (including phenoxy) is 1. The molecule has 0 bridgehead atoms. The van der Waals surface area contributed by atoms with Crippen molar-refractivity contribution in [3.63, 3.8) is 0 Å². The molecule has 0 aromatic carbocycles. The standard InChI is InChI=1S/C10H18N2O2S/c1-10(9(11)15)3-5-12(6-4-10)7-8(13)14-2/h3-7H2,1-2H3,(H2,11,15). The van der Waals surface area contributed by atoms with E-state index >= 15 is 0 Å². The third-order valence-corrected chi connectivity index (χ3v) is 3.63. The van der Waals surface area contributed by atoms with Crippen LogP contribution < -0.4 is 5.73 Å². The van der Waals surface area contributed by atoms with Crippen LogP contribution in [-0.2, 0) is 9.53 Å². The van der Waals surface area contributed by atoms with Gasteiger partial charge < -0.3 is 10.5 Å². The van der Waals surface area contributed by atoms with Crippen molar-refractivity contribution in [1.82, 2.24) is 4.90 Å². The lowest BCUT2D eigenvalue weighted by atomic mass is 9.80. The first kappa shape index (κ1) is 12.4. The normalized spacial score (nSPS) is 20.9. The molecule has 0 unspecified atom stereocenters. The predicted octanol–water partition coefficient (Wildman–Crippen LogP) is 0.548. The van der Waals surface area contributed by atoms with Gasteiger partial charge in [0.15, 0.2) is 0 Å². The van der Waals surface area contributed by atoms with Gasteiger partial charge in [0.25, 0.3) is 0 Å². The molecular weight excluding hydrogens is 212 g/mol. The van der Waals surface area contributed by atoms with Crippen LogP contribution in [0.5, 0.6) is 0 Å². The van der Waals surface area contributed by atoms with Crippen molar-refractivity contribution in [2.75, 3.05) is 26.7 Å². The zero-order valence-corrected chi connectivity index (χ0v) is 10.1. The summed E-state index contributed by atoms with van der Waals surface area (Å²) in [7, 11) is 1.41. The summed E-state index contributed by atoms with van der Waals surface area (Å²) in [5.74, 6) is -0.186. The fraction of sp³-hybridized carbons (Fsp3) is 0.800. The summed E-state index contributed by atoms with van der Waals surface area (Å²) < 4.78 is 4.62. The maximum absolute atomic E-state index is 11.1. The van der Waals surface area contributed by atoms with Crippen molar-refractivity contribution in [3.05, 3.63) is 0 Å². The van der Waals surface area contributed by atoms with Crippen LogP contribution in [0, 0.1) is 5.41 Å². The van der Waals surface area contributed by atoms with Crippen molar-refractivity contribution in [1.29, 1.82) is 0 Å². The number of piperidine rings is 1. The van der Waals surface area contributed by atoms with Crippen LogP contribution in [0.4, 0.5) is 0 Å². The van der Waals surface area contributed by atoms with E-state index in [1.54, 1.807) is 0 Å². The van der Waals surface area contributed by atoms with Gasteiger partial charge in [0, 0.05) is 5.41 Å². The maximum atomic E-state index is 11.1. The van der Waals surface area contributed by atoms with Crippen LogP contribution in [0.15, 0.2) is 0 Å². The van der Waals surface area contributed by atoms with E-state index in [2.05, 4.69) is 16.6 Å². The molecule has 0 aromatic rings. The molecule has 1 aliphatic heterocycles. The van der Waals surface area contributed by atoms with Crippen LogP contribution >= 0.6 is 12.2 Å². The van der Waals surface area contributed by atoms with Crippen LogP contribution in [-0.4, -0.2) is 42.6 Å². The van der Waals surface area contributed by atoms with E-state index in [4.69, 9.17) is 18.0 Å². The average molecular weight is 230 g/mol. The number of hydrogen-bond donors (Lipinski definition) is 1. The van der Waals surface area contributed by atoms with Crippen LogP contribution in [0.2, 0.25) is 0 Å². The average Bonchev–Trinajstić information content (AvgIpc) is 2.21. The number of hydrogen-bond acceptors (Lipinski definition) is 4. The molecule has 15 heavy (non-hydrogen) atoms. The van der Waals surface area contributed by atoms with Gasteiger partial charge in [-0.05, 0) is 25.9 Å². The number of rotatable bonds is 3. The maximum Gasteiger partial charge on any atom is 0.319 e. The number of thiocarbonyl (C=S) groups is 1. The highest BCUT2D eigenvalue weighted by atomic mass is 32.1. The molecule has 5 heteroatoms. The molecule has 0 amide bonds. The highest BCUT2D eigenvalue weighted by molar-refractivity contribution is 7.80. The molecule has 0 saturated carbocycles. The van der Waals surface area contributed by atoms with Crippen LogP contribution in [0.25, 0.3) is 0 Å². The monoisotopic (exact) mass is 230 g/mol. The van der Waals surface area contributed by atoms with Crippen molar-refractivity contribution in [2.45, 2.75) is 19.8 Å². The Morgan fingerprint density at radius 2 is 2.07 bits per heavy atom. The number of esters is 1. The molecule has 0 radical (unpaired) electrons. The Hall–Kier alpha value is -0.680. The first-order valence-corrected chi connectivity index (χ1v) is 5.48. The second-order valence-electron chi connectivity index (χ2n) is 4.28. The highest BCUT2D eigenvalue weighted by Gasteiger charge is 2.33. The summed E-state index contributed by atoms with van der Waals surface area (Å²) in [5.41, 5.74) is 5.66. The SMILES string of the molecule is COC(=O)CN1CCC(C)(C(N)=S)CC1. The summed E-state index contributed by atoms with van der Waals surface area (Å²) in [6, 6.07) is 0. The number of carbonyl (C=O) groups excluding carboxylic acids is 1. The molecule has 0 aromatic heterocycles. The summed E-state index contributed by atoms with van der Waals surface area (Å²) in [6.45, 7) is 4.15. The number of nitrogens with two attached hydrogens (primary N) is 1. The first-order valence-electron chi connectivity index (χ1n) is 5.07. The van der Waals surface area contributed by atoms with Gasteiger partial charge in [-0.3, -0.25) is 9.69 Å². The fourth-order valence-electron chi connectivity index (χ4n) is 1.70. The van der Waals surface area contributed by atoms with E-state index in [0.29, 0.717) is 11.5 Å². The molecule has 1 fully saturated rings. The second kappa shape index (κ2) is 4.90. The van der Waals surface area contributed by atoms with E-state index in [9.17, 15) is 4.79 Å². The highest BCUT2D eigenvalue weighted by Crippen LogP contribution is 2.30. The van der Waals surface area contributed by atoms with Gasteiger partial charge in [0.1, 0.15) is 0 Å². The van der Waals surface area contributed by atoms with Gasteiger partial charge in [-0.25, -0.2) is 0 Å². The minimum absolute atomic E-state index is 0.0397. The lowest BCUT2D eigenvalue weighted by molar-refractivity contribution is -0.142. The van der Waals surface area contributed by atoms with Gasteiger partial charge in [0.05, 0.1) is 18.6 Å². The number of carbonyl (C=O) groups is 1. The van der Waals surface area contributed by atoms with Crippen molar-refractivity contribution in [3.8, 4) is 0 Å². The van der Waals surface area contributed by atoms with Gasteiger partial charge in [-0.1, -0.05) is 19.1 Å². The van der Waals surface area contributed by atoms with Gasteiger partial charge in [-0.2, -0.15) is 0 Å². The lowest BCUT2D eigenvalue weighted by Crippen LogP contribution is -2.46. The van der Waals surface area contributed by atoms with E-state index in [1.807, 2.05) is 0 Å². The minimum Gasteiger partial charge on any atom is -0.468 e. The molecule has 1 aliphatic rings. The molecule has 1 rings (SSSR count). The van der Waals surface area contributed by atoms with Crippen molar-refractivity contribution < 1.29 is 9.53 Å². The smallest absolute Gasteiger partial charge is 0.319 e. The third kappa shape index (κ3) is 3.14. The molecule has 2 N–H and O–H groups in total. The molecular formula is C10H18N2O2S. The predicted molar refractivity (Wildman–Crippen MR) is 62.6 cm³/mol. The lowest BCUT2D eigenvalue weighted by Gasteiger charge is -2.38. The molecule has 0 aliphatic carbocycles. The van der Waals surface area contributed by atoms with E-state index in [-0.39, 0.29) is 11.4 Å². The Labute approximate surface area is 95.8 Å². The topological polar surface area (TPSA) is 55.6 Å². The van der Waals surface area contributed by atoms with Crippen molar-refractivity contribution in [2.24, 2.45) is 11.1 Å². The first-order chi connectivity index (χ1) is 6.98. The molecule has 0 atom stereocenters. The Kier molecular flexibility index (Phi) is 4.04. The number of methoxy groups -OCH3 is 1. The van der Waals surface area contributed by atoms with Gasteiger partial charge >= 0.3 is 5.97 Å². The molecule has 1 saturated heterocycles. The van der Waals surface area contributed by atoms with E-state index in [1.165, 1.54) is 7.11 Å². The van der Waals surface area contributed by atoms with Crippen LogP contribution in [0.3, 0.4) is 0 Å². The Morgan fingerprint density at radius 3 is 2.47 bits per heavy atom. The zero-order chi connectivity index (χ0) is 11.5. The fourth-order valence-corrected chi connectivity index (χ4v) is 1.90. The van der Waals surface area contributed by atoms with Crippen LogP contribution in [0.1, 0.15) is 19.8 Å². The minimum atomic E-state index is -0.186. The summed E-state index contributed by atoms with van der Waals surface area (Å²) in [5, 5.41) is 0. The Morgan fingerprint density at radius 1 is 1.53 bits per heavy atom. The quantitative estimate of drug-likeness (QED) is 0.567. The van der Waals surface area contributed by atoms with E-state index in [0.717, 1.165) is 25.9 Å². The van der Waals surface area contributed by atoms with E-state index < -0.39 is 0 Å². The third-order valence-electron chi connectivity index (χ3n) is 3.13. The molecule has 86 valence electrons. The Bertz CT molecular complexity index is 260. The summed E-state index contributed by atoms with van der Waals surface area (Å²) in [4.78, 5) is 13.7. The van der Waals surface area contributed by atoms with Gasteiger partial charge in [-0.15, -0.1) is 0 Å². The number of likely N-dealkylation sites (tertiary alicyclic amines) is 1. The summed E-state index contributed by atoms with van der Waals surface area (Å²) >= 11 is 5.05. The molecule has 4 nitrogen and oxygen atoms in total. The molecule has 0 spiro atoms. The Balaban J connectivity index is 2.42. The number of nitrogens with zero attached hydrogens (tertiary/aromatic N) is 1. The zero-order valence-electron chi connectivity index (χ0n) is 9.28. The van der Waals surface area contributed by atoms with Gasteiger partial charge in [0.2, 0.25) is 0 Å².